The second-order valence-corrected chi connectivity index (χ2v) is 6.20. The molecule has 0 bridgehead atoms. The number of nitrogens with one attached hydrogen (secondary N) is 4. The minimum absolute atomic E-state index is 0. The van der Waals surface area contributed by atoms with Crippen molar-refractivity contribution in [2.24, 2.45) is 10.9 Å². The molecule has 2 rings (SSSR count). The Morgan fingerprint density at radius 1 is 1.04 bits per heavy atom. The van der Waals surface area contributed by atoms with Crippen molar-refractivity contribution < 1.29 is 9.59 Å². The summed E-state index contributed by atoms with van der Waals surface area (Å²) >= 11 is 0. The lowest BCUT2D eigenvalue weighted by molar-refractivity contribution is -0.122. The molecule has 0 saturated heterocycles. The van der Waals surface area contributed by atoms with Crippen LogP contribution in [0.3, 0.4) is 0 Å². The Morgan fingerprint density at radius 3 is 2.38 bits per heavy atom. The van der Waals surface area contributed by atoms with Crippen molar-refractivity contribution in [2.75, 3.05) is 26.2 Å². The van der Waals surface area contributed by atoms with Crippen LogP contribution in [0.4, 0.5) is 0 Å². The van der Waals surface area contributed by atoms with E-state index in [4.69, 9.17) is 0 Å². The van der Waals surface area contributed by atoms with Crippen molar-refractivity contribution in [3.63, 3.8) is 0 Å². The maximum atomic E-state index is 11.6. The second-order valence-electron chi connectivity index (χ2n) is 6.20. The fourth-order valence-corrected chi connectivity index (χ4v) is 2.16. The average molecular weight is 451 g/mol. The van der Waals surface area contributed by atoms with E-state index in [9.17, 15) is 9.59 Å². The van der Waals surface area contributed by atoms with Gasteiger partial charge in [0.1, 0.15) is 0 Å². The van der Waals surface area contributed by atoms with Gasteiger partial charge in [-0.25, -0.2) is 0 Å². The molecule has 8 heteroatoms. The third kappa shape index (κ3) is 9.29. The quantitative estimate of drug-likeness (QED) is 0.171. The topological polar surface area (TPSA) is 94.6 Å². The van der Waals surface area contributed by atoms with E-state index >= 15 is 0 Å². The van der Waals surface area contributed by atoms with E-state index in [2.05, 4.69) is 26.3 Å². The van der Waals surface area contributed by atoms with Gasteiger partial charge in [-0.2, -0.15) is 0 Å². The fraction of sp³-hybridized carbons (Fsp3) is 0.812. The molecule has 0 aromatic carbocycles. The second kappa shape index (κ2) is 11.5. The molecule has 0 aromatic rings. The Bertz CT molecular complexity index is 436. The van der Waals surface area contributed by atoms with Gasteiger partial charge in [-0.1, -0.05) is 0 Å². The number of carbonyl (C=O) groups excluding carboxylic acids is 2. The zero-order valence-corrected chi connectivity index (χ0v) is 16.7. The zero-order valence-electron chi connectivity index (χ0n) is 14.4. The van der Waals surface area contributed by atoms with Crippen LogP contribution in [-0.2, 0) is 9.59 Å². The van der Waals surface area contributed by atoms with Gasteiger partial charge in [-0.05, 0) is 39.0 Å². The van der Waals surface area contributed by atoms with Crippen LogP contribution in [-0.4, -0.2) is 50.0 Å². The molecule has 0 aromatic heterocycles. The van der Waals surface area contributed by atoms with Crippen LogP contribution in [0, 0.1) is 5.92 Å². The van der Waals surface area contributed by atoms with E-state index in [0.29, 0.717) is 32.1 Å². The first-order chi connectivity index (χ1) is 11.2. The lowest BCUT2D eigenvalue weighted by Gasteiger charge is -2.11. The highest BCUT2D eigenvalue weighted by atomic mass is 127. The van der Waals surface area contributed by atoms with E-state index < -0.39 is 0 Å². The number of hydrogen-bond acceptors (Lipinski definition) is 3. The van der Waals surface area contributed by atoms with Crippen LogP contribution in [0.15, 0.2) is 4.99 Å². The Labute approximate surface area is 161 Å². The highest BCUT2D eigenvalue weighted by Gasteiger charge is 2.28. The maximum absolute atomic E-state index is 11.6. The average Bonchev–Trinajstić information content (AvgIpc) is 3.40. The summed E-state index contributed by atoms with van der Waals surface area (Å²) in [4.78, 5) is 27.5. The van der Waals surface area contributed by atoms with Gasteiger partial charge in [-0.3, -0.25) is 14.6 Å². The molecule has 2 fully saturated rings. The van der Waals surface area contributed by atoms with Crippen molar-refractivity contribution >= 4 is 41.8 Å². The number of aliphatic imine (C=N–C) groups is 1. The summed E-state index contributed by atoms with van der Waals surface area (Å²) in [5, 5.41) is 12.2. The minimum Gasteiger partial charge on any atom is -0.357 e. The standard InChI is InChI=1S/C16H29N5O2.HI/c1-2-17-16(20-11-10-18-15(23)12-5-6-12)19-9-3-4-14(22)21-13-7-8-13;/h12-13H,2-11H2,1H3,(H,18,23)(H,21,22)(H2,17,19,20);1H. The first-order valence-corrected chi connectivity index (χ1v) is 8.78. The molecule has 2 aliphatic rings. The number of carbonyl (C=O) groups is 2. The normalized spacial score (nSPS) is 16.8. The van der Waals surface area contributed by atoms with Crippen molar-refractivity contribution in [2.45, 2.75) is 51.5 Å². The Morgan fingerprint density at radius 2 is 1.75 bits per heavy atom. The summed E-state index contributed by atoms with van der Waals surface area (Å²) in [7, 11) is 0. The molecule has 2 amide bonds. The van der Waals surface area contributed by atoms with Gasteiger partial charge in [-0.15, -0.1) is 24.0 Å². The van der Waals surface area contributed by atoms with Gasteiger partial charge in [0.25, 0.3) is 0 Å². The first kappa shape index (κ1) is 21.0. The molecule has 7 nitrogen and oxygen atoms in total. The van der Waals surface area contributed by atoms with Crippen LogP contribution >= 0.6 is 24.0 Å². The lowest BCUT2D eigenvalue weighted by Crippen LogP contribution is -2.41. The van der Waals surface area contributed by atoms with Gasteiger partial charge < -0.3 is 21.3 Å². The molecule has 0 radical (unpaired) electrons. The van der Waals surface area contributed by atoms with E-state index in [-0.39, 0.29) is 41.7 Å². The highest BCUT2D eigenvalue weighted by Crippen LogP contribution is 2.28. The summed E-state index contributed by atoms with van der Waals surface area (Å²) in [6.07, 6.45) is 5.56. The molecular formula is C16H30IN5O2. The Hall–Kier alpha value is -1.06. The van der Waals surface area contributed by atoms with E-state index in [1.807, 2.05) is 6.92 Å². The highest BCUT2D eigenvalue weighted by molar-refractivity contribution is 14.0. The van der Waals surface area contributed by atoms with Crippen LogP contribution in [0.1, 0.15) is 45.4 Å². The van der Waals surface area contributed by atoms with Crippen molar-refractivity contribution in [3.8, 4) is 0 Å². The molecule has 2 saturated carbocycles. The van der Waals surface area contributed by atoms with Crippen LogP contribution in [0.2, 0.25) is 0 Å². The number of amides is 2. The summed E-state index contributed by atoms with van der Waals surface area (Å²) in [6, 6.07) is 0.427. The molecule has 138 valence electrons. The van der Waals surface area contributed by atoms with Crippen LogP contribution in [0.25, 0.3) is 0 Å². The minimum atomic E-state index is 0. The molecule has 0 aliphatic heterocycles. The molecular weight excluding hydrogens is 421 g/mol. The third-order valence-corrected chi connectivity index (χ3v) is 3.78. The molecule has 0 spiro atoms. The molecule has 0 heterocycles. The van der Waals surface area contributed by atoms with Crippen LogP contribution < -0.4 is 21.3 Å². The lowest BCUT2D eigenvalue weighted by atomic mass is 10.3. The fourth-order valence-electron chi connectivity index (χ4n) is 2.16. The first-order valence-electron chi connectivity index (χ1n) is 8.78. The summed E-state index contributed by atoms with van der Waals surface area (Å²) in [6.45, 7) is 4.65. The molecule has 24 heavy (non-hydrogen) atoms. The molecule has 2 aliphatic carbocycles. The molecule has 4 N–H and O–H groups in total. The van der Waals surface area contributed by atoms with E-state index in [0.717, 1.165) is 44.6 Å². The Balaban J connectivity index is 0.00000288. The van der Waals surface area contributed by atoms with Crippen molar-refractivity contribution in [1.29, 1.82) is 0 Å². The third-order valence-electron chi connectivity index (χ3n) is 3.78. The number of nitrogens with zero attached hydrogens (tertiary/aromatic N) is 1. The van der Waals surface area contributed by atoms with Crippen LogP contribution in [0.5, 0.6) is 0 Å². The predicted molar refractivity (Wildman–Crippen MR) is 106 cm³/mol. The van der Waals surface area contributed by atoms with Gasteiger partial charge in [0.05, 0.1) is 0 Å². The summed E-state index contributed by atoms with van der Waals surface area (Å²) in [5.41, 5.74) is 0. The van der Waals surface area contributed by atoms with Crippen molar-refractivity contribution in [1.82, 2.24) is 21.3 Å². The molecule has 0 unspecified atom stereocenters. The SMILES string of the molecule is CCNC(=NCCCC(=O)NC1CC1)NCCNC(=O)C1CC1.I. The predicted octanol–water partition coefficient (Wildman–Crippen LogP) is 0.745. The van der Waals surface area contributed by atoms with Crippen molar-refractivity contribution in [3.05, 3.63) is 0 Å². The number of rotatable bonds is 10. The summed E-state index contributed by atoms with van der Waals surface area (Å²) in [5.74, 6) is 1.27. The van der Waals surface area contributed by atoms with E-state index in [1.165, 1.54) is 0 Å². The monoisotopic (exact) mass is 451 g/mol. The smallest absolute Gasteiger partial charge is 0.223 e. The van der Waals surface area contributed by atoms with Gasteiger partial charge in [0, 0.05) is 44.6 Å². The van der Waals surface area contributed by atoms with Gasteiger partial charge in [0.15, 0.2) is 5.96 Å². The molecule has 0 atom stereocenters. The maximum Gasteiger partial charge on any atom is 0.223 e. The number of hydrogen-bond donors (Lipinski definition) is 4. The number of guanidine groups is 1. The largest absolute Gasteiger partial charge is 0.357 e. The number of halogens is 1. The van der Waals surface area contributed by atoms with E-state index in [1.54, 1.807) is 0 Å². The van der Waals surface area contributed by atoms with Gasteiger partial charge >= 0.3 is 0 Å². The van der Waals surface area contributed by atoms with Gasteiger partial charge in [0.2, 0.25) is 11.8 Å². The zero-order chi connectivity index (χ0) is 16.5. The Kier molecular flexibility index (Phi) is 10.0. The summed E-state index contributed by atoms with van der Waals surface area (Å²) < 4.78 is 0.